The lowest BCUT2D eigenvalue weighted by molar-refractivity contribution is -0.135. The largest absolute Gasteiger partial charge is 0.504 e. The molecule has 0 radical (unpaired) electrons. The lowest BCUT2D eigenvalue weighted by Crippen LogP contribution is -2.66. The Kier molecular flexibility index (Phi) is 6.06. The minimum absolute atomic E-state index is 0.0389. The molecule has 0 saturated heterocycles. The minimum atomic E-state index is -1.01. The van der Waals surface area contributed by atoms with Gasteiger partial charge in [-0.2, -0.15) is 0 Å². The summed E-state index contributed by atoms with van der Waals surface area (Å²) in [6, 6.07) is 3.23. The molecule has 3 N–H and O–H groups in total. The normalized spacial score (nSPS) is 31.3. The summed E-state index contributed by atoms with van der Waals surface area (Å²) >= 11 is 0. The van der Waals surface area contributed by atoms with E-state index in [2.05, 4.69) is 21.9 Å². The fourth-order valence-corrected chi connectivity index (χ4v) is 6.29. The van der Waals surface area contributed by atoms with E-state index in [0.717, 1.165) is 49.2 Å². The predicted molar refractivity (Wildman–Crippen MR) is 125 cm³/mol. The highest BCUT2D eigenvalue weighted by molar-refractivity contribution is 5.94. The second-order valence-electron chi connectivity index (χ2n) is 10.2. The van der Waals surface area contributed by atoms with Crippen molar-refractivity contribution in [3.8, 4) is 11.5 Å². The van der Waals surface area contributed by atoms with Gasteiger partial charge < -0.3 is 25.0 Å². The number of methoxy groups -OCH3 is 1. The number of benzene rings is 1. The van der Waals surface area contributed by atoms with E-state index < -0.39 is 23.6 Å². The highest BCUT2D eigenvalue weighted by Crippen LogP contribution is 2.59. The van der Waals surface area contributed by atoms with Gasteiger partial charge in [0.15, 0.2) is 11.5 Å². The zero-order valence-electron chi connectivity index (χ0n) is 19.8. The maximum Gasteiger partial charge on any atom is 0.330 e. The van der Waals surface area contributed by atoms with Crippen molar-refractivity contribution in [3.63, 3.8) is 0 Å². The topological polar surface area (TPSA) is 108 Å². The van der Waals surface area contributed by atoms with Crippen LogP contribution in [-0.4, -0.2) is 71.0 Å². The van der Waals surface area contributed by atoms with Crippen LogP contribution in [0.3, 0.4) is 0 Å². The number of aliphatic hydroxyl groups is 1. The lowest BCUT2D eigenvalue weighted by Gasteiger charge is -2.54. The summed E-state index contributed by atoms with van der Waals surface area (Å²) in [4.78, 5) is 26.3. The highest BCUT2D eigenvalue weighted by atomic mass is 16.5. The Bertz CT molecular complexity index is 1010. The van der Waals surface area contributed by atoms with Crippen molar-refractivity contribution in [1.29, 1.82) is 0 Å². The Morgan fingerprint density at radius 3 is 2.79 bits per heavy atom. The monoisotopic (exact) mass is 470 g/mol. The molecular formula is C26H34N2O6. The maximum absolute atomic E-state index is 12.5. The van der Waals surface area contributed by atoms with Gasteiger partial charge >= 0.3 is 5.97 Å². The molecule has 3 aliphatic carbocycles. The first-order valence-corrected chi connectivity index (χ1v) is 12.4. The second-order valence-corrected chi connectivity index (χ2v) is 10.2. The van der Waals surface area contributed by atoms with Gasteiger partial charge in [0, 0.05) is 30.3 Å². The number of rotatable bonds is 8. The Morgan fingerprint density at radius 1 is 1.29 bits per heavy atom. The third kappa shape index (κ3) is 3.96. The van der Waals surface area contributed by atoms with Crippen LogP contribution in [0.2, 0.25) is 0 Å². The molecule has 34 heavy (non-hydrogen) atoms. The molecule has 1 aromatic rings. The smallest absolute Gasteiger partial charge is 0.330 e. The van der Waals surface area contributed by atoms with Gasteiger partial charge in [-0.15, -0.1) is 0 Å². The second kappa shape index (κ2) is 8.89. The molecule has 5 rings (SSSR count). The molecule has 2 saturated carbocycles. The predicted octanol–water partition coefficient (Wildman–Crippen LogP) is 2.02. The standard InChI is InChI=1S/C26H34N2O6/c1-3-12-28(14-15-4-5-15)19-13-16-6-7-18(29)25-22(16)23-24(34-25)17(10-11-26(19,23)32)27-20(30)8-9-21(31)33-2/h6-9,15,17,19,23-24,29,32H,3-5,10-14H2,1-2H3,(H,27,30)/b9-8+/t17?,19?,23?,24?,26-/m1/s1. The SMILES string of the molecule is CCCN(CC1CC1)C1Cc2ccc(O)c3c2C2C(O3)C(NC(=O)/C=C/C(=O)OC)CC[C@]21O. The molecule has 8 nitrogen and oxygen atoms in total. The van der Waals surface area contributed by atoms with E-state index >= 15 is 0 Å². The van der Waals surface area contributed by atoms with Crippen LogP contribution in [0.5, 0.6) is 11.5 Å². The van der Waals surface area contributed by atoms with E-state index in [4.69, 9.17) is 4.74 Å². The summed E-state index contributed by atoms with van der Waals surface area (Å²) in [5, 5.41) is 25.8. The zero-order chi connectivity index (χ0) is 24.0. The van der Waals surface area contributed by atoms with Gasteiger partial charge in [0.1, 0.15) is 6.10 Å². The van der Waals surface area contributed by atoms with Crippen molar-refractivity contribution in [1.82, 2.24) is 10.2 Å². The molecular weight excluding hydrogens is 436 g/mol. The number of aromatic hydroxyl groups is 1. The molecule has 0 spiro atoms. The molecule has 4 unspecified atom stereocenters. The fourth-order valence-electron chi connectivity index (χ4n) is 6.29. The summed E-state index contributed by atoms with van der Waals surface area (Å²) in [6.45, 7) is 4.10. The van der Waals surface area contributed by atoms with Crippen molar-refractivity contribution in [2.45, 2.75) is 75.2 Å². The van der Waals surface area contributed by atoms with Crippen molar-refractivity contribution in [3.05, 3.63) is 35.4 Å². The minimum Gasteiger partial charge on any atom is -0.504 e. The molecule has 4 aliphatic rings. The number of carbonyl (C=O) groups excluding carboxylic acids is 2. The summed E-state index contributed by atoms with van der Waals surface area (Å²) in [6.07, 6.45) is 7.04. The van der Waals surface area contributed by atoms with E-state index in [1.54, 1.807) is 6.07 Å². The molecule has 1 aliphatic heterocycles. The molecule has 0 bridgehead atoms. The molecule has 8 heteroatoms. The van der Waals surface area contributed by atoms with Crippen LogP contribution < -0.4 is 10.1 Å². The number of amides is 1. The third-order valence-electron chi connectivity index (χ3n) is 7.98. The van der Waals surface area contributed by atoms with E-state index in [0.29, 0.717) is 24.5 Å². The van der Waals surface area contributed by atoms with Crippen LogP contribution in [0.4, 0.5) is 0 Å². The first-order valence-electron chi connectivity index (χ1n) is 12.4. The van der Waals surface area contributed by atoms with Crippen molar-refractivity contribution >= 4 is 11.9 Å². The molecule has 2 fully saturated rings. The number of phenols is 1. The Hall–Kier alpha value is -2.58. The van der Waals surface area contributed by atoms with Gasteiger partial charge in [-0.3, -0.25) is 9.69 Å². The Labute approximate surface area is 199 Å². The summed E-state index contributed by atoms with van der Waals surface area (Å²) in [5.74, 6) is -0.161. The van der Waals surface area contributed by atoms with Crippen LogP contribution in [-0.2, 0) is 20.7 Å². The summed E-state index contributed by atoms with van der Waals surface area (Å²) in [7, 11) is 1.25. The number of phenolic OH excluding ortho intramolecular Hbond substituents is 1. The van der Waals surface area contributed by atoms with Crippen LogP contribution in [0.15, 0.2) is 24.3 Å². The molecule has 184 valence electrons. The van der Waals surface area contributed by atoms with Gasteiger partial charge in [-0.25, -0.2) is 4.79 Å². The van der Waals surface area contributed by atoms with Crippen LogP contribution in [0, 0.1) is 5.92 Å². The van der Waals surface area contributed by atoms with Crippen molar-refractivity contribution < 1.29 is 29.3 Å². The van der Waals surface area contributed by atoms with Gasteiger partial charge in [-0.05, 0) is 62.6 Å². The van der Waals surface area contributed by atoms with Crippen LogP contribution in [0.1, 0.15) is 56.1 Å². The van der Waals surface area contributed by atoms with Crippen LogP contribution in [0.25, 0.3) is 0 Å². The van der Waals surface area contributed by atoms with Crippen molar-refractivity contribution in [2.24, 2.45) is 5.92 Å². The number of hydrogen-bond acceptors (Lipinski definition) is 7. The van der Waals surface area contributed by atoms with Gasteiger partial charge in [0.05, 0.1) is 24.7 Å². The number of nitrogens with one attached hydrogen (secondary N) is 1. The lowest BCUT2D eigenvalue weighted by atomic mass is 9.60. The molecule has 1 amide bonds. The molecule has 1 heterocycles. The van der Waals surface area contributed by atoms with Crippen LogP contribution >= 0.6 is 0 Å². The number of ether oxygens (including phenoxy) is 2. The first kappa shape index (κ1) is 23.2. The Morgan fingerprint density at radius 2 is 2.09 bits per heavy atom. The van der Waals surface area contributed by atoms with E-state index in [1.807, 2.05) is 6.07 Å². The number of hydrogen-bond donors (Lipinski definition) is 3. The van der Waals surface area contributed by atoms with Crippen molar-refractivity contribution in [2.75, 3.05) is 20.2 Å². The van der Waals surface area contributed by atoms with Gasteiger partial charge in [0.25, 0.3) is 0 Å². The molecule has 1 aromatic carbocycles. The zero-order valence-corrected chi connectivity index (χ0v) is 19.8. The number of esters is 1. The van der Waals surface area contributed by atoms with E-state index in [-0.39, 0.29) is 23.8 Å². The fraction of sp³-hybridized carbons (Fsp3) is 0.615. The molecule has 5 atom stereocenters. The quantitative estimate of drug-likeness (QED) is 0.394. The highest BCUT2D eigenvalue weighted by Gasteiger charge is 2.62. The summed E-state index contributed by atoms with van der Waals surface area (Å²) < 4.78 is 10.8. The number of nitrogens with zero attached hydrogens (tertiary/aromatic N) is 1. The maximum atomic E-state index is 12.5. The Balaban J connectivity index is 1.47. The van der Waals surface area contributed by atoms with E-state index in [9.17, 15) is 19.8 Å². The first-order chi connectivity index (χ1) is 16.4. The van der Waals surface area contributed by atoms with Gasteiger partial charge in [-0.1, -0.05) is 13.0 Å². The van der Waals surface area contributed by atoms with E-state index in [1.165, 1.54) is 20.0 Å². The summed E-state index contributed by atoms with van der Waals surface area (Å²) in [5.41, 5.74) is 0.976. The molecule has 0 aromatic heterocycles. The number of carbonyl (C=O) groups is 2. The van der Waals surface area contributed by atoms with Gasteiger partial charge in [0.2, 0.25) is 5.91 Å². The third-order valence-corrected chi connectivity index (χ3v) is 7.98. The average molecular weight is 471 g/mol. The average Bonchev–Trinajstić information content (AvgIpc) is 3.54.